The lowest BCUT2D eigenvalue weighted by Gasteiger charge is -2.27. The lowest BCUT2D eigenvalue weighted by Crippen LogP contribution is -2.26. The van der Waals surface area contributed by atoms with Crippen LogP contribution in [-0.2, 0) is 14.3 Å². The average Bonchev–Trinajstić information content (AvgIpc) is 2.56. The monoisotopic (exact) mass is 386 g/mol. The normalized spacial score (nSPS) is 17.4. The molecule has 1 heterocycles. The van der Waals surface area contributed by atoms with Crippen molar-refractivity contribution in [3.8, 4) is 6.07 Å². The van der Waals surface area contributed by atoms with Crippen LogP contribution < -0.4 is 5.73 Å². The molecule has 1 aromatic rings. The number of halogens is 3. The van der Waals surface area contributed by atoms with E-state index < -0.39 is 11.9 Å². The van der Waals surface area contributed by atoms with Crippen LogP contribution in [0.25, 0.3) is 0 Å². The Kier molecular flexibility index (Phi) is 6.00. The van der Waals surface area contributed by atoms with Crippen LogP contribution in [0, 0.1) is 11.3 Å². The van der Waals surface area contributed by atoms with E-state index in [4.69, 9.17) is 50.0 Å². The van der Waals surface area contributed by atoms with Crippen molar-refractivity contribution in [2.24, 2.45) is 5.73 Å². The van der Waals surface area contributed by atoms with Gasteiger partial charge in [-0.15, -0.1) is 11.6 Å². The second kappa shape index (κ2) is 7.80. The van der Waals surface area contributed by atoms with Gasteiger partial charge < -0.3 is 15.2 Å². The number of benzene rings is 1. The minimum Gasteiger partial charge on any atom is -0.463 e. The number of allylic oxidation sites excluding steroid dienone is 2. The number of esters is 1. The van der Waals surface area contributed by atoms with E-state index in [2.05, 4.69) is 0 Å². The van der Waals surface area contributed by atoms with Crippen LogP contribution in [0.1, 0.15) is 18.4 Å². The van der Waals surface area contributed by atoms with Gasteiger partial charge in [-0.3, -0.25) is 0 Å². The SMILES string of the molecule is CCOC(=O)C1=C(CCl)OC(N)=C(C#N)[C@H]1c1ccc(Cl)c(Cl)c1. The number of hydrogen-bond donors (Lipinski definition) is 1. The van der Waals surface area contributed by atoms with Crippen molar-refractivity contribution >= 4 is 40.8 Å². The van der Waals surface area contributed by atoms with E-state index in [1.54, 1.807) is 25.1 Å². The molecule has 126 valence electrons. The van der Waals surface area contributed by atoms with Crippen LogP contribution in [0.3, 0.4) is 0 Å². The topological polar surface area (TPSA) is 85.3 Å². The summed E-state index contributed by atoms with van der Waals surface area (Å²) in [6.45, 7) is 1.83. The van der Waals surface area contributed by atoms with Gasteiger partial charge in [0.2, 0.25) is 5.88 Å². The van der Waals surface area contributed by atoms with Gasteiger partial charge in [0.15, 0.2) is 0 Å². The van der Waals surface area contributed by atoms with Gasteiger partial charge in [0.05, 0.1) is 34.0 Å². The van der Waals surface area contributed by atoms with E-state index in [1.807, 2.05) is 6.07 Å². The third-order valence-electron chi connectivity index (χ3n) is 3.39. The van der Waals surface area contributed by atoms with Crippen LogP contribution >= 0.6 is 34.8 Å². The van der Waals surface area contributed by atoms with Crippen molar-refractivity contribution in [3.63, 3.8) is 0 Å². The smallest absolute Gasteiger partial charge is 0.338 e. The molecule has 1 aliphatic heterocycles. The molecule has 0 bridgehead atoms. The minimum absolute atomic E-state index is 0.0744. The Morgan fingerprint density at radius 3 is 2.67 bits per heavy atom. The number of nitrogens with zero attached hydrogens (tertiary/aromatic N) is 1. The molecule has 0 spiro atoms. The maximum absolute atomic E-state index is 12.4. The first-order valence-electron chi connectivity index (χ1n) is 6.93. The van der Waals surface area contributed by atoms with Crippen molar-refractivity contribution < 1.29 is 14.3 Å². The lowest BCUT2D eigenvalue weighted by atomic mass is 9.83. The fourth-order valence-electron chi connectivity index (χ4n) is 2.37. The molecule has 1 aliphatic rings. The molecule has 1 aromatic carbocycles. The van der Waals surface area contributed by atoms with Gasteiger partial charge in [0, 0.05) is 0 Å². The molecule has 0 saturated carbocycles. The average molecular weight is 388 g/mol. The van der Waals surface area contributed by atoms with Crippen molar-refractivity contribution in [3.05, 3.63) is 56.6 Å². The van der Waals surface area contributed by atoms with Crippen molar-refractivity contribution in [1.82, 2.24) is 0 Å². The van der Waals surface area contributed by atoms with Crippen LogP contribution in [0.15, 0.2) is 41.0 Å². The Hall–Kier alpha value is -1.87. The van der Waals surface area contributed by atoms with Crippen LogP contribution in [-0.4, -0.2) is 18.5 Å². The molecular weight excluding hydrogens is 375 g/mol. The van der Waals surface area contributed by atoms with Gasteiger partial charge >= 0.3 is 5.97 Å². The van der Waals surface area contributed by atoms with E-state index in [0.717, 1.165) is 0 Å². The predicted molar refractivity (Wildman–Crippen MR) is 91.5 cm³/mol. The fourth-order valence-corrected chi connectivity index (χ4v) is 2.88. The predicted octanol–water partition coefficient (Wildman–Crippen LogP) is 3.86. The molecule has 0 unspecified atom stereocenters. The zero-order valence-electron chi connectivity index (χ0n) is 12.6. The second-order valence-electron chi connectivity index (χ2n) is 4.79. The molecule has 8 heteroatoms. The van der Waals surface area contributed by atoms with E-state index in [9.17, 15) is 10.1 Å². The first kappa shape index (κ1) is 18.5. The van der Waals surface area contributed by atoms with Crippen molar-refractivity contribution in [2.75, 3.05) is 12.5 Å². The highest BCUT2D eigenvalue weighted by Gasteiger charge is 2.37. The molecule has 2 N–H and O–H groups in total. The largest absolute Gasteiger partial charge is 0.463 e. The summed E-state index contributed by atoms with van der Waals surface area (Å²) in [4.78, 5) is 12.4. The van der Waals surface area contributed by atoms with E-state index in [-0.39, 0.29) is 40.3 Å². The number of nitrogens with two attached hydrogens (primary N) is 1. The molecule has 5 nitrogen and oxygen atoms in total. The Bertz CT molecular complexity index is 781. The zero-order valence-corrected chi connectivity index (χ0v) is 14.9. The van der Waals surface area contributed by atoms with E-state index >= 15 is 0 Å². The molecule has 0 fully saturated rings. The Balaban J connectivity index is 2.68. The highest BCUT2D eigenvalue weighted by Crippen LogP contribution is 2.41. The Morgan fingerprint density at radius 1 is 1.42 bits per heavy atom. The number of hydrogen-bond acceptors (Lipinski definition) is 5. The van der Waals surface area contributed by atoms with Gasteiger partial charge in [-0.2, -0.15) is 5.26 Å². The molecule has 0 aromatic heterocycles. The maximum atomic E-state index is 12.4. The Labute approximate surface area is 154 Å². The number of carbonyl (C=O) groups is 1. The van der Waals surface area contributed by atoms with Gasteiger partial charge in [-0.1, -0.05) is 29.3 Å². The van der Waals surface area contributed by atoms with Gasteiger partial charge in [-0.25, -0.2) is 4.79 Å². The first-order valence-corrected chi connectivity index (χ1v) is 8.22. The maximum Gasteiger partial charge on any atom is 0.338 e. The molecule has 2 rings (SSSR count). The van der Waals surface area contributed by atoms with Gasteiger partial charge in [-0.05, 0) is 24.6 Å². The molecule has 0 aliphatic carbocycles. The molecule has 1 atom stereocenters. The summed E-state index contributed by atoms with van der Waals surface area (Å²) in [7, 11) is 0. The number of ether oxygens (including phenoxy) is 2. The van der Waals surface area contributed by atoms with E-state index in [1.165, 1.54) is 0 Å². The van der Waals surface area contributed by atoms with Gasteiger partial charge in [0.1, 0.15) is 17.4 Å². The van der Waals surface area contributed by atoms with Crippen LogP contribution in [0.2, 0.25) is 10.0 Å². The standard InChI is InChI=1S/C16H13Cl3N2O3/c1-2-23-16(22)14-12(6-17)24-15(21)9(7-20)13(14)8-3-4-10(18)11(19)5-8/h3-5,13H,2,6,21H2,1H3/t13-/m1/s1. The summed E-state index contributed by atoms with van der Waals surface area (Å²) in [6, 6.07) is 6.77. The first-order chi connectivity index (χ1) is 11.4. The Morgan fingerprint density at radius 2 is 2.12 bits per heavy atom. The number of alkyl halides is 1. The summed E-state index contributed by atoms with van der Waals surface area (Å²) in [6.07, 6.45) is 0. The van der Waals surface area contributed by atoms with Gasteiger partial charge in [0.25, 0.3) is 0 Å². The third-order valence-corrected chi connectivity index (χ3v) is 4.37. The van der Waals surface area contributed by atoms with E-state index in [0.29, 0.717) is 10.6 Å². The number of carbonyl (C=O) groups excluding carboxylic acids is 1. The summed E-state index contributed by atoms with van der Waals surface area (Å²) in [5, 5.41) is 10.1. The fraction of sp³-hybridized carbons (Fsp3) is 0.250. The number of rotatable bonds is 4. The quantitative estimate of drug-likeness (QED) is 0.626. The molecule has 24 heavy (non-hydrogen) atoms. The zero-order chi connectivity index (χ0) is 17.9. The van der Waals surface area contributed by atoms with Crippen LogP contribution in [0.4, 0.5) is 0 Å². The minimum atomic E-state index is -0.800. The summed E-state index contributed by atoms with van der Waals surface area (Å²) < 4.78 is 10.4. The van der Waals surface area contributed by atoms with Crippen LogP contribution in [0.5, 0.6) is 0 Å². The van der Waals surface area contributed by atoms with Crippen molar-refractivity contribution in [2.45, 2.75) is 12.8 Å². The highest BCUT2D eigenvalue weighted by atomic mass is 35.5. The molecule has 0 radical (unpaired) electrons. The third kappa shape index (κ3) is 3.46. The lowest BCUT2D eigenvalue weighted by molar-refractivity contribution is -0.139. The summed E-state index contributed by atoms with van der Waals surface area (Å²) in [5.41, 5.74) is 6.57. The molecule has 0 amide bonds. The summed E-state index contributed by atoms with van der Waals surface area (Å²) in [5.74, 6) is -1.51. The summed E-state index contributed by atoms with van der Waals surface area (Å²) >= 11 is 17.9. The molecule has 0 saturated heterocycles. The highest BCUT2D eigenvalue weighted by molar-refractivity contribution is 6.42. The second-order valence-corrected chi connectivity index (χ2v) is 5.87. The number of nitriles is 1. The van der Waals surface area contributed by atoms with Crippen molar-refractivity contribution in [1.29, 1.82) is 5.26 Å². The molecular formula is C16H13Cl3N2O3.